The molecule has 0 spiro atoms. The predicted octanol–water partition coefficient (Wildman–Crippen LogP) is 4.12. The van der Waals surface area contributed by atoms with Crippen LogP contribution in [-0.4, -0.2) is 48.9 Å². The number of aromatic nitrogens is 2. The second-order valence-corrected chi connectivity index (χ2v) is 10.2. The molecular weight excluding hydrogens is 449 g/mol. The van der Waals surface area contributed by atoms with Crippen molar-refractivity contribution in [3.8, 4) is 10.6 Å². The summed E-state index contributed by atoms with van der Waals surface area (Å²) >= 11 is 1.17. The number of hydrogen-bond acceptors (Lipinski definition) is 6. The van der Waals surface area contributed by atoms with Crippen LogP contribution in [0.2, 0.25) is 0 Å². The highest BCUT2D eigenvalue weighted by molar-refractivity contribution is 7.91. The van der Waals surface area contributed by atoms with Crippen LogP contribution >= 0.6 is 11.3 Å². The fourth-order valence-electron chi connectivity index (χ4n) is 3.34. The summed E-state index contributed by atoms with van der Waals surface area (Å²) in [5, 5.41) is 0. The first-order valence-electron chi connectivity index (χ1n) is 9.55. The molecule has 3 aromatic heterocycles. The van der Waals surface area contributed by atoms with E-state index in [1.807, 2.05) is 17.0 Å². The van der Waals surface area contributed by atoms with Gasteiger partial charge in [-0.25, -0.2) is 13.4 Å². The third-order valence-electron chi connectivity index (χ3n) is 4.95. The van der Waals surface area contributed by atoms with E-state index in [0.29, 0.717) is 37.6 Å². The van der Waals surface area contributed by atoms with Crippen molar-refractivity contribution >= 4 is 27.2 Å². The van der Waals surface area contributed by atoms with Crippen molar-refractivity contribution < 1.29 is 21.6 Å². The standard InChI is InChI=1S/C20H19F3N4O2S2/c21-20(22,23)15-5-7-18(25-14-15)26-10-3-11-27(13-12-26)31(28,29)19-8-6-17(30-19)16-4-1-2-9-24-16/h1-2,4-9,14H,3,10-13H2. The van der Waals surface area contributed by atoms with E-state index < -0.39 is 21.8 Å². The first-order valence-corrected chi connectivity index (χ1v) is 11.8. The van der Waals surface area contributed by atoms with E-state index >= 15 is 0 Å². The molecule has 0 aliphatic carbocycles. The molecule has 31 heavy (non-hydrogen) atoms. The second kappa shape index (κ2) is 8.56. The Hall–Kier alpha value is -2.50. The van der Waals surface area contributed by atoms with Gasteiger partial charge in [0.05, 0.1) is 16.1 Å². The third kappa shape index (κ3) is 4.73. The molecule has 0 amide bonds. The molecule has 0 N–H and O–H groups in total. The van der Waals surface area contributed by atoms with Crippen LogP contribution in [0.3, 0.4) is 0 Å². The van der Waals surface area contributed by atoms with E-state index in [4.69, 9.17) is 0 Å². The van der Waals surface area contributed by atoms with E-state index in [9.17, 15) is 21.6 Å². The molecule has 1 aliphatic rings. The van der Waals surface area contributed by atoms with Gasteiger partial charge < -0.3 is 4.90 Å². The number of anilines is 1. The number of alkyl halides is 3. The van der Waals surface area contributed by atoms with Crippen molar-refractivity contribution in [3.05, 3.63) is 60.4 Å². The Labute approximate surface area is 182 Å². The predicted molar refractivity (Wildman–Crippen MR) is 112 cm³/mol. The molecule has 0 unspecified atom stereocenters. The molecule has 0 radical (unpaired) electrons. The smallest absolute Gasteiger partial charge is 0.355 e. The summed E-state index contributed by atoms with van der Waals surface area (Å²) in [6.45, 7) is 1.40. The third-order valence-corrected chi connectivity index (χ3v) is 8.42. The monoisotopic (exact) mass is 468 g/mol. The molecule has 3 aromatic rings. The average Bonchev–Trinajstić information content (AvgIpc) is 3.13. The summed E-state index contributed by atoms with van der Waals surface area (Å²) in [7, 11) is -3.68. The maximum atomic E-state index is 13.1. The number of pyridine rings is 2. The van der Waals surface area contributed by atoms with Crippen molar-refractivity contribution in [1.29, 1.82) is 0 Å². The van der Waals surface area contributed by atoms with Gasteiger partial charge in [-0.05, 0) is 42.8 Å². The Balaban J connectivity index is 1.47. The van der Waals surface area contributed by atoms with Crippen LogP contribution in [0.15, 0.2) is 59.1 Å². The van der Waals surface area contributed by atoms with Gasteiger partial charge in [0.2, 0.25) is 0 Å². The Kier molecular flexibility index (Phi) is 6.00. The fourth-order valence-corrected chi connectivity index (χ4v) is 6.24. The normalized spacial score (nSPS) is 16.3. The lowest BCUT2D eigenvalue weighted by atomic mass is 10.2. The van der Waals surface area contributed by atoms with Gasteiger partial charge in [-0.2, -0.15) is 17.5 Å². The van der Waals surface area contributed by atoms with Gasteiger partial charge >= 0.3 is 6.18 Å². The molecule has 1 saturated heterocycles. The summed E-state index contributed by atoms with van der Waals surface area (Å²) in [5.41, 5.74) is -0.0962. The van der Waals surface area contributed by atoms with Gasteiger partial charge in [-0.3, -0.25) is 4.98 Å². The highest BCUT2D eigenvalue weighted by Crippen LogP contribution is 2.32. The Morgan fingerprint density at radius 1 is 0.935 bits per heavy atom. The van der Waals surface area contributed by atoms with Crippen LogP contribution in [0.25, 0.3) is 10.6 Å². The topological polar surface area (TPSA) is 66.4 Å². The largest absolute Gasteiger partial charge is 0.417 e. The number of halogens is 3. The van der Waals surface area contributed by atoms with Gasteiger partial charge in [-0.15, -0.1) is 11.3 Å². The number of hydrogen-bond donors (Lipinski definition) is 0. The maximum absolute atomic E-state index is 13.1. The van der Waals surface area contributed by atoms with E-state index in [1.54, 1.807) is 24.4 Å². The van der Waals surface area contributed by atoms with Gasteiger partial charge in [0, 0.05) is 38.6 Å². The SMILES string of the molecule is O=S(=O)(c1ccc(-c2ccccn2)s1)N1CCCN(c2ccc(C(F)(F)F)cn2)CC1. The zero-order valence-electron chi connectivity index (χ0n) is 16.3. The lowest BCUT2D eigenvalue weighted by Gasteiger charge is -2.22. The number of sulfonamides is 1. The Morgan fingerprint density at radius 3 is 2.45 bits per heavy atom. The molecule has 164 valence electrons. The minimum absolute atomic E-state index is 0.224. The van der Waals surface area contributed by atoms with Crippen molar-refractivity contribution in [2.45, 2.75) is 16.8 Å². The molecule has 4 rings (SSSR count). The van der Waals surface area contributed by atoms with E-state index in [2.05, 4.69) is 9.97 Å². The quantitative estimate of drug-likeness (QED) is 0.576. The molecule has 6 nitrogen and oxygen atoms in total. The molecular formula is C20H19F3N4O2S2. The van der Waals surface area contributed by atoms with E-state index in [0.717, 1.165) is 17.1 Å². The summed E-state index contributed by atoms with van der Waals surface area (Å²) < 4.78 is 66.2. The molecule has 1 aliphatic heterocycles. The summed E-state index contributed by atoms with van der Waals surface area (Å²) in [6, 6.07) is 11.1. The van der Waals surface area contributed by atoms with Crippen LogP contribution in [0.5, 0.6) is 0 Å². The molecule has 4 heterocycles. The van der Waals surface area contributed by atoms with Crippen molar-refractivity contribution in [1.82, 2.24) is 14.3 Å². The van der Waals surface area contributed by atoms with Crippen LogP contribution in [0, 0.1) is 0 Å². The van der Waals surface area contributed by atoms with Gasteiger partial charge in [0.15, 0.2) is 0 Å². The number of rotatable bonds is 4. The van der Waals surface area contributed by atoms with Gasteiger partial charge in [0.25, 0.3) is 10.0 Å². The lowest BCUT2D eigenvalue weighted by Crippen LogP contribution is -2.35. The summed E-state index contributed by atoms with van der Waals surface area (Å²) in [4.78, 5) is 10.8. The zero-order chi connectivity index (χ0) is 22.1. The molecule has 0 atom stereocenters. The highest BCUT2D eigenvalue weighted by atomic mass is 32.2. The first-order chi connectivity index (χ1) is 14.7. The molecule has 0 aromatic carbocycles. The van der Waals surface area contributed by atoms with Crippen LogP contribution < -0.4 is 4.90 Å². The van der Waals surface area contributed by atoms with Crippen LogP contribution in [0.4, 0.5) is 19.0 Å². The Morgan fingerprint density at radius 2 is 1.77 bits per heavy atom. The van der Waals surface area contributed by atoms with E-state index in [1.165, 1.54) is 21.7 Å². The van der Waals surface area contributed by atoms with Crippen LogP contribution in [0.1, 0.15) is 12.0 Å². The average molecular weight is 469 g/mol. The molecule has 11 heteroatoms. The first kappa shape index (κ1) is 21.7. The minimum atomic E-state index is -4.44. The summed E-state index contributed by atoms with van der Waals surface area (Å²) in [5.74, 6) is 0.404. The Bertz CT molecular complexity index is 1130. The van der Waals surface area contributed by atoms with E-state index in [-0.39, 0.29) is 10.8 Å². The highest BCUT2D eigenvalue weighted by Gasteiger charge is 2.32. The molecule has 0 saturated carbocycles. The van der Waals surface area contributed by atoms with Crippen molar-refractivity contribution in [3.63, 3.8) is 0 Å². The fraction of sp³-hybridized carbons (Fsp3) is 0.300. The van der Waals surface area contributed by atoms with Crippen LogP contribution in [-0.2, 0) is 16.2 Å². The van der Waals surface area contributed by atoms with Crippen molar-refractivity contribution in [2.24, 2.45) is 0 Å². The molecule has 1 fully saturated rings. The van der Waals surface area contributed by atoms with Crippen molar-refractivity contribution in [2.75, 3.05) is 31.1 Å². The summed E-state index contributed by atoms with van der Waals surface area (Å²) in [6.07, 6.45) is -1.44. The zero-order valence-corrected chi connectivity index (χ0v) is 17.9. The van der Waals surface area contributed by atoms with Gasteiger partial charge in [0.1, 0.15) is 10.0 Å². The lowest BCUT2D eigenvalue weighted by molar-refractivity contribution is -0.137. The minimum Gasteiger partial charge on any atom is -0.355 e. The second-order valence-electron chi connectivity index (χ2n) is 6.98. The molecule has 0 bridgehead atoms. The maximum Gasteiger partial charge on any atom is 0.417 e. The van der Waals surface area contributed by atoms with Gasteiger partial charge in [-0.1, -0.05) is 6.07 Å². The number of nitrogens with zero attached hydrogens (tertiary/aromatic N) is 4. The number of thiophene rings is 1.